The smallest absolute Gasteiger partial charge is 0.236 e. The van der Waals surface area contributed by atoms with Gasteiger partial charge < -0.3 is 4.90 Å². The number of carbonyl (C=O) groups is 1. The van der Waals surface area contributed by atoms with E-state index in [1.54, 1.807) is 0 Å². The molecule has 0 bridgehead atoms. The molecule has 3 heterocycles. The number of piperidine rings is 2. The van der Waals surface area contributed by atoms with Crippen molar-refractivity contribution in [3.05, 3.63) is 65.7 Å². The van der Waals surface area contributed by atoms with Crippen LogP contribution >= 0.6 is 43.5 Å². The number of amides is 1. The first kappa shape index (κ1) is 25.3. The molecule has 186 valence electrons. The fourth-order valence-corrected chi connectivity index (χ4v) is 7.49. The van der Waals surface area contributed by atoms with Crippen molar-refractivity contribution in [3.8, 4) is 0 Å². The molecular weight excluding hydrogens is 596 g/mol. The maximum Gasteiger partial charge on any atom is 0.236 e. The van der Waals surface area contributed by atoms with Crippen molar-refractivity contribution in [2.24, 2.45) is 11.1 Å². The number of likely N-dealkylation sites (tertiary alicyclic amines) is 2. The third-order valence-corrected chi connectivity index (χ3v) is 9.15. The lowest BCUT2D eigenvalue weighted by Crippen LogP contribution is -2.47. The zero-order chi connectivity index (χ0) is 24.5. The van der Waals surface area contributed by atoms with Gasteiger partial charge in [0.2, 0.25) is 5.91 Å². The van der Waals surface area contributed by atoms with Gasteiger partial charge in [0.05, 0.1) is 18.3 Å². The molecule has 35 heavy (non-hydrogen) atoms. The van der Waals surface area contributed by atoms with Gasteiger partial charge in [0.1, 0.15) is 0 Å². The topological polar surface area (TPSA) is 65.9 Å². The first-order valence-corrected chi connectivity index (χ1v) is 14.3. The number of aromatic nitrogens is 1. The van der Waals surface area contributed by atoms with Gasteiger partial charge in [0, 0.05) is 52.3 Å². The van der Waals surface area contributed by atoms with E-state index in [0.29, 0.717) is 12.5 Å². The first-order valence-electron chi connectivity index (χ1n) is 12.4. The van der Waals surface area contributed by atoms with E-state index in [1.807, 2.05) is 17.2 Å². The molecule has 1 amide bonds. The largest absolute Gasteiger partial charge is 0.342 e. The van der Waals surface area contributed by atoms with Crippen LogP contribution in [-0.2, 0) is 17.6 Å². The number of hydrogen-bond acceptors (Lipinski definition) is 5. The summed E-state index contributed by atoms with van der Waals surface area (Å²) in [5, 5.41) is 3.92. The summed E-state index contributed by atoms with van der Waals surface area (Å²) in [6.07, 6.45) is 7.17. The Balaban J connectivity index is 1.33. The van der Waals surface area contributed by atoms with Crippen molar-refractivity contribution in [2.75, 3.05) is 32.7 Å². The van der Waals surface area contributed by atoms with Crippen molar-refractivity contribution in [3.63, 3.8) is 0 Å². The van der Waals surface area contributed by atoms with E-state index in [0.717, 1.165) is 84.4 Å². The molecule has 3 aliphatic rings. The number of aryl methyl sites for hydroxylation is 2. The number of pyridine rings is 1. The molecule has 2 fully saturated rings. The Labute approximate surface area is 228 Å². The van der Waals surface area contributed by atoms with Crippen LogP contribution in [0.25, 0.3) is 0 Å². The van der Waals surface area contributed by atoms with Gasteiger partial charge in [-0.25, -0.2) is 0 Å². The summed E-state index contributed by atoms with van der Waals surface area (Å²) in [4.78, 5) is 32.9. The molecule has 1 aromatic heterocycles. The molecule has 6 nitrogen and oxygen atoms in total. The molecule has 1 aliphatic carbocycles. The Bertz CT molecular complexity index is 1110. The summed E-state index contributed by atoms with van der Waals surface area (Å²) in [7, 11) is 0. The van der Waals surface area contributed by atoms with E-state index in [9.17, 15) is 9.70 Å². The predicted molar refractivity (Wildman–Crippen MR) is 145 cm³/mol. The normalized spacial score (nSPS) is 21.8. The molecule has 2 aliphatic heterocycles. The number of benzene rings is 1. The predicted octanol–water partition coefficient (Wildman–Crippen LogP) is 5.96. The Morgan fingerprint density at radius 3 is 2.46 bits per heavy atom. The van der Waals surface area contributed by atoms with Crippen molar-refractivity contribution >= 4 is 49.4 Å². The Kier molecular flexibility index (Phi) is 7.92. The molecule has 9 heteroatoms. The van der Waals surface area contributed by atoms with Crippen molar-refractivity contribution < 1.29 is 4.79 Å². The van der Waals surface area contributed by atoms with Crippen molar-refractivity contribution in [1.82, 2.24) is 14.8 Å². The van der Waals surface area contributed by atoms with E-state index >= 15 is 0 Å². The monoisotopic (exact) mass is 622 g/mol. The quantitative estimate of drug-likeness (QED) is 0.394. The molecular formula is C26H29Br2ClN4O2. The fourth-order valence-electron chi connectivity index (χ4n) is 5.99. The minimum Gasteiger partial charge on any atom is -0.342 e. The van der Waals surface area contributed by atoms with E-state index in [4.69, 9.17) is 16.6 Å². The standard InChI is InChI=1S/C26H29Br2ClN4O2/c27-19-11-18-2-1-17-12-20(29)13-22(28)24(17)25(26(18)30-14-19)16-3-9-33(10-4-16)23(34)15-32-7-5-21(31-35)6-8-32/h11-14,16,21,25H,1-10,15H2/t25-/m1/s1. The highest BCUT2D eigenvalue weighted by atomic mass is 79.9. The lowest BCUT2D eigenvalue weighted by atomic mass is 9.76. The SMILES string of the molecule is O=NC1CCN(CC(=O)N2CCC([C@H]3c4ncc(Br)cc4CCc4cc(Cl)cc(Br)c43)CC2)CC1. The summed E-state index contributed by atoms with van der Waals surface area (Å²) in [5.41, 5.74) is 5.04. The fraction of sp³-hybridized carbons (Fsp3) is 0.538. The number of rotatable bonds is 4. The molecule has 0 radical (unpaired) electrons. The summed E-state index contributed by atoms with van der Waals surface area (Å²) >= 11 is 13.9. The van der Waals surface area contributed by atoms with Crippen LogP contribution < -0.4 is 0 Å². The van der Waals surface area contributed by atoms with Crippen molar-refractivity contribution in [2.45, 2.75) is 50.5 Å². The number of nitrogens with zero attached hydrogens (tertiary/aromatic N) is 4. The molecule has 1 aromatic carbocycles. The van der Waals surface area contributed by atoms with Gasteiger partial charge in [-0.2, -0.15) is 4.91 Å². The van der Waals surface area contributed by atoms with Crippen LogP contribution in [0.2, 0.25) is 5.02 Å². The molecule has 0 unspecified atom stereocenters. The van der Waals surface area contributed by atoms with E-state index in [2.05, 4.69) is 54.1 Å². The Morgan fingerprint density at radius 1 is 1.03 bits per heavy atom. The van der Waals surface area contributed by atoms with E-state index in [1.165, 1.54) is 16.7 Å². The Morgan fingerprint density at radius 2 is 1.74 bits per heavy atom. The van der Waals surface area contributed by atoms with Crippen molar-refractivity contribution in [1.29, 1.82) is 0 Å². The summed E-state index contributed by atoms with van der Waals surface area (Å²) in [6.45, 7) is 3.50. The van der Waals surface area contributed by atoms with Gasteiger partial charge in [0.25, 0.3) is 0 Å². The van der Waals surface area contributed by atoms with Crippen LogP contribution in [0.1, 0.15) is 54.0 Å². The molecule has 0 saturated carbocycles. The van der Waals surface area contributed by atoms with Crippen LogP contribution in [0.4, 0.5) is 0 Å². The minimum absolute atomic E-state index is 0.0918. The molecule has 2 saturated heterocycles. The highest BCUT2D eigenvalue weighted by Gasteiger charge is 2.36. The highest BCUT2D eigenvalue weighted by molar-refractivity contribution is 9.10. The molecule has 0 N–H and O–H groups in total. The van der Waals surface area contributed by atoms with Crippen LogP contribution in [-0.4, -0.2) is 59.5 Å². The first-order chi connectivity index (χ1) is 16.9. The number of carbonyl (C=O) groups excluding carboxylic acids is 1. The van der Waals surface area contributed by atoms with Gasteiger partial charge in [0.15, 0.2) is 0 Å². The highest BCUT2D eigenvalue weighted by Crippen LogP contribution is 2.46. The van der Waals surface area contributed by atoms with Crippen LogP contribution in [0.3, 0.4) is 0 Å². The molecule has 1 atom stereocenters. The maximum absolute atomic E-state index is 13.0. The average Bonchev–Trinajstić information content (AvgIpc) is 3.01. The van der Waals surface area contributed by atoms with E-state index in [-0.39, 0.29) is 17.9 Å². The van der Waals surface area contributed by atoms with Gasteiger partial charge in [-0.15, -0.1) is 0 Å². The minimum atomic E-state index is -0.0918. The summed E-state index contributed by atoms with van der Waals surface area (Å²) in [5.74, 6) is 0.766. The number of hydrogen-bond donors (Lipinski definition) is 0. The zero-order valence-corrected chi connectivity index (χ0v) is 23.5. The number of fused-ring (bicyclic) bond motifs is 2. The zero-order valence-electron chi connectivity index (χ0n) is 19.6. The van der Waals surface area contributed by atoms with Gasteiger partial charge in [-0.3, -0.25) is 14.7 Å². The number of nitroso groups, excluding NO2 is 1. The second-order valence-electron chi connectivity index (χ2n) is 9.97. The van der Waals surface area contributed by atoms with Gasteiger partial charge >= 0.3 is 0 Å². The molecule has 5 rings (SSSR count). The third-order valence-electron chi connectivity index (χ3n) is 7.85. The third kappa shape index (κ3) is 5.50. The average molecular weight is 625 g/mol. The van der Waals surface area contributed by atoms with Crippen LogP contribution in [0, 0.1) is 10.8 Å². The molecule has 2 aromatic rings. The van der Waals surface area contributed by atoms with Crippen LogP contribution in [0.15, 0.2) is 38.5 Å². The van der Waals surface area contributed by atoms with Gasteiger partial charge in [-0.05, 0) is 95.3 Å². The lowest BCUT2D eigenvalue weighted by Gasteiger charge is -2.38. The lowest BCUT2D eigenvalue weighted by molar-refractivity contribution is -0.134. The number of halogens is 3. The summed E-state index contributed by atoms with van der Waals surface area (Å²) in [6, 6.07) is 6.22. The van der Waals surface area contributed by atoms with Crippen LogP contribution in [0.5, 0.6) is 0 Å². The maximum atomic E-state index is 13.0. The second kappa shape index (κ2) is 11.0. The van der Waals surface area contributed by atoms with Gasteiger partial charge in [-0.1, -0.05) is 32.7 Å². The molecule has 0 spiro atoms. The summed E-state index contributed by atoms with van der Waals surface area (Å²) < 4.78 is 2.06. The Hall–Kier alpha value is -1.35. The van der Waals surface area contributed by atoms with E-state index < -0.39 is 0 Å². The second-order valence-corrected chi connectivity index (χ2v) is 12.2.